The third-order valence-corrected chi connectivity index (χ3v) is 3.67. The van der Waals surface area contributed by atoms with E-state index in [1.807, 2.05) is 31.2 Å². The molecule has 0 saturated heterocycles. The van der Waals surface area contributed by atoms with Crippen LogP contribution >= 0.6 is 0 Å². The fourth-order valence-electron chi connectivity index (χ4n) is 2.12. The van der Waals surface area contributed by atoms with Gasteiger partial charge >= 0.3 is 0 Å². The van der Waals surface area contributed by atoms with Gasteiger partial charge in [-0.25, -0.2) is 4.99 Å². The molecule has 20 heavy (non-hydrogen) atoms. The van der Waals surface area contributed by atoms with Crippen LogP contribution in [0.4, 0.5) is 0 Å². The number of ether oxygens (including phenoxy) is 1. The molecule has 1 fully saturated rings. The van der Waals surface area contributed by atoms with Crippen LogP contribution in [0, 0.1) is 12.8 Å². The number of hydrogen-bond donors (Lipinski definition) is 2. The molecule has 1 aliphatic carbocycles. The van der Waals surface area contributed by atoms with Crippen LogP contribution in [0.25, 0.3) is 0 Å². The van der Waals surface area contributed by atoms with Gasteiger partial charge < -0.3 is 15.8 Å². The topological polar surface area (TPSA) is 59.6 Å². The second-order valence-electron chi connectivity index (χ2n) is 5.65. The SMILES string of the molecule is Cc1ccc(OC(C)CN=C(N)NCC2CCC2)cc1. The standard InChI is InChI=1S/C16H25N3O/c1-12-6-8-15(9-7-12)20-13(2)10-18-16(17)19-11-14-4-3-5-14/h6-9,13-14H,3-5,10-11H2,1-2H3,(H3,17,18,19). The van der Waals surface area contributed by atoms with Crippen LogP contribution in [-0.2, 0) is 0 Å². The second-order valence-corrected chi connectivity index (χ2v) is 5.65. The molecule has 110 valence electrons. The Kier molecular flexibility index (Phi) is 5.27. The van der Waals surface area contributed by atoms with Crippen molar-refractivity contribution in [2.24, 2.45) is 16.6 Å². The van der Waals surface area contributed by atoms with Gasteiger partial charge in [-0.2, -0.15) is 0 Å². The summed E-state index contributed by atoms with van der Waals surface area (Å²) in [6.07, 6.45) is 3.99. The first-order valence-corrected chi connectivity index (χ1v) is 7.40. The van der Waals surface area contributed by atoms with Crippen LogP contribution in [-0.4, -0.2) is 25.2 Å². The van der Waals surface area contributed by atoms with E-state index in [0.717, 1.165) is 18.2 Å². The molecule has 3 N–H and O–H groups in total. The molecule has 1 aliphatic rings. The van der Waals surface area contributed by atoms with E-state index >= 15 is 0 Å². The van der Waals surface area contributed by atoms with Crippen LogP contribution in [0.15, 0.2) is 29.3 Å². The van der Waals surface area contributed by atoms with E-state index in [2.05, 4.69) is 17.2 Å². The van der Waals surface area contributed by atoms with Gasteiger partial charge in [-0.05, 0) is 44.7 Å². The highest BCUT2D eigenvalue weighted by Gasteiger charge is 2.16. The molecule has 1 saturated carbocycles. The Balaban J connectivity index is 1.69. The highest BCUT2D eigenvalue weighted by atomic mass is 16.5. The monoisotopic (exact) mass is 275 g/mol. The first-order chi connectivity index (χ1) is 9.63. The molecule has 2 rings (SSSR count). The lowest BCUT2D eigenvalue weighted by molar-refractivity contribution is 0.230. The van der Waals surface area contributed by atoms with Crippen molar-refractivity contribution in [3.05, 3.63) is 29.8 Å². The van der Waals surface area contributed by atoms with Crippen LogP contribution < -0.4 is 15.8 Å². The predicted molar refractivity (Wildman–Crippen MR) is 83.1 cm³/mol. The minimum atomic E-state index is 0.0155. The molecule has 1 unspecified atom stereocenters. The van der Waals surface area contributed by atoms with Gasteiger partial charge in [0.05, 0.1) is 6.54 Å². The maximum Gasteiger partial charge on any atom is 0.188 e. The molecule has 0 aliphatic heterocycles. The maximum absolute atomic E-state index is 5.85. The summed E-state index contributed by atoms with van der Waals surface area (Å²) in [6.45, 7) is 5.58. The summed E-state index contributed by atoms with van der Waals surface area (Å²) in [5, 5.41) is 3.18. The van der Waals surface area contributed by atoms with E-state index in [9.17, 15) is 0 Å². The van der Waals surface area contributed by atoms with Crippen molar-refractivity contribution >= 4 is 5.96 Å². The summed E-state index contributed by atoms with van der Waals surface area (Å²) in [5.74, 6) is 2.18. The zero-order chi connectivity index (χ0) is 14.4. The smallest absolute Gasteiger partial charge is 0.188 e. The van der Waals surface area contributed by atoms with Crippen molar-refractivity contribution in [2.45, 2.75) is 39.2 Å². The number of benzene rings is 1. The summed E-state index contributed by atoms with van der Waals surface area (Å²) in [5.41, 5.74) is 7.07. The zero-order valence-corrected chi connectivity index (χ0v) is 12.4. The van der Waals surface area contributed by atoms with E-state index in [4.69, 9.17) is 10.5 Å². The molecule has 0 heterocycles. The highest BCUT2D eigenvalue weighted by molar-refractivity contribution is 5.77. The summed E-state index contributed by atoms with van der Waals surface area (Å²) < 4.78 is 5.79. The lowest BCUT2D eigenvalue weighted by atomic mass is 9.85. The fourth-order valence-corrected chi connectivity index (χ4v) is 2.12. The van der Waals surface area contributed by atoms with Crippen molar-refractivity contribution in [3.63, 3.8) is 0 Å². The third kappa shape index (κ3) is 4.76. The Labute approximate surface area is 121 Å². The lowest BCUT2D eigenvalue weighted by Crippen LogP contribution is -2.37. The van der Waals surface area contributed by atoms with Gasteiger partial charge in [0, 0.05) is 6.54 Å². The van der Waals surface area contributed by atoms with Crippen LogP contribution in [0.1, 0.15) is 31.7 Å². The summed E-state index contributed by atoms with van der Waals surface area (Å²) in [7, 11) is 0. The minimum absolute atomic E-state index is 0.0155. The number of rotatable bonds is 6. The minimum Gasteiger partial charge on any atom is -0.489 e. The van der Waals surface area contributed by atoms with Crippen LogP contribution in [0.2, 0.25) is 0 Å². The van der Waals surface area contributed by atoms with Crippen molar-refractivity contribution in [1.29, 1.82) is 0 Å². The quantitative estimate of drug-likeness (QED) is 0.619. The van der Waals surface area contributed by atoms with Gasteiger partial charge in [-0.3, -0.25) is 0 Å². The van der Waals surface area contributed by atoms with Crippen molar-refractivity contribution < 1.29 is 4.74 Å². The van der Waals surface area contributed by atoms with Crippen LogP contribution in [0.5, 0.6) is 5.75 Å². The first kappa shape index (κ1) is 14.7. The van der Waals surface area contributed by atoms with E-state index < -0.39 is 0 Å². The Morgan fingerprint density at radius 1 is 1.40 bits per heavy atom. The molecule has 0 aromatic heterocycles. The number of nitrogens with two attached hydrogens (primary N) is 1. The number of guanidine groups is 1. The molecule has 0 amide bonds. The van der Waals surface area contributed by atoms with Gasteiger partial charge in [-0.15, -0.1) is 0 Å². The Bertz CT molecular complexity index is 438. The molecule has 1 aromatic rings. The average Bonchev–Trinajstić information content (AvgIpc) is 2.37. The number of nitrogens with one attached hydrogen (secondary N) is 1. The van der Waals surface area contributed by atoms with Crippen LogP contribution in [0.3, 0.4) is 0 Å². The fraction of sp³-hybridized carbons (Fsp3) is 0.562. The summed E-state index contributed by atoms with van der Waals surface area (Å²) in [6, 6.07) is 8.04. The predicted octanol–water partition coefficient (Wildman–Crippen LogP) is 2.47. The Hall–Kier alpha value is -1.71. The molecular weight excluding hydrogens is 250 g/mol. The Morgan fingerprint density at radius 3 is 2.70 bits per heavy atom. The number of hydrogen-bond acceptors (Lipinski definition) is 2. The largest absolute Gasteiger partial charge is 0.489 e. The van der Waals surface area contributed by atoms with E-state index in [1.165, 1.54) is 24.8 Å². The zero-order valence-electron chi connectivity index (χ0n) is 12.4. The molecule has 1 atom stereocenters. The summed E-state index contributed by atoms with van der Waals surface area (Å²) >= 11 is 0. The van der Waals surface area contributed by atoms with E-state index in [0.29, 0.717) is 12.5 Å². The molecular formula is C16H25N3O. The highest BCUT2D eigenvalue weighted by Crippen LogP contribution is 2.24. The van der Waals surface area contributed by atoms with Gasteiger partial charge in [0.25, 0.3) is 0 Å². The lowest BCUT2D eigenvalue weighted by Gasteiger charge is -2.25. The number of aryl methyl sites for hydroxylation is 1. The second kappa shape index (κ2) is 7.17. The molecule has 0 bridgehead atoms. The number of aliphatic imine (C=N–C) groups is 1. The van der Waals surface area contributed by atoms with Gasteiger partial charge in [-0.1, -0.05) is 24.1 Å². The van der Waals surface area contributed by atoms with Crippen molar-refractivity contribution in [1.82, 2.24) is 5.32 Å². The molecule has 4 heteroatoms. The molecule has 0 spiro atoms. The first-order valence-electron chi connectivity index (χ1n) is 7.40. The molecule has 4 nitrogen and oxygen atoms in total. The van der Waals surface area contributed by atoms with Crippen molar-refractivity contribution in [2.75, 3.05) is 13.1 Å². The third-order valence-electron chi connectivity index (χ3n) is 3.67. The molecule has 0 radical (unpaired) electrons. The Morgan fingerprint density at radius 2 is 2.10 bits per heavy atom. The van der Waals surface area contributed by atoms with E-state index in [-0.39, 0.29) is 6.10 Å². The molecule has 1 aromatic carbocycles. The number of nitrogens with zero attached hydrogens (tertiary/aromatic N) is 1. The maximum atomic E-state index is 5.85. The van der Waals surface area contributed by atoms with Crippen molar-refractivity contribution in [3.8, 4) is 5.75 Å². The normalized spacial score (nSPS) is 17.4. The summed E-state index contributed by atoms with van der Waals surface area (Å²) in [4.78, 5) is 4.33. The van der Waals surface area contributed by atoms with E-state index in [1.54, 1.807) is 0 Å². The average molecular weight is 275 g/mol. The van der Waals surface area contributed by atoms with Gasteiger partial charge in [0.2, 0.25) is 0 Å². The van der Waals surface area contributed by atoms with Gasteiger partial charge in [0.15, 0.2) is 5.96 Å². The van der Waals surface area contributed by atoms with Gasteiger partial charge in [0.1, 0.15) is 11.9 Å².